The zero-order valence-electron chi connectivity index (χ0n) is 10.4. The zero-order valence-corrected chi connectivity index (χ0v) is 11.1. The summed E-state index contributed by atoms with van der Waals surface area (Å²) >= 11 is 0. The fraction of sp³-hybridized carbons (Fsp3) is 0.385. The lowest BCUT2D eigenvalue weighted by Crippen LogP contribution is -3.00. The minimum atomic E-state index is -0.262. The second-order valence-corrected chi connectivity index (χ2v) is 4.99. The number of ketones is 1. The van der Waals surface area contributed by atoms with Crippen molar-refractivity contribution in [3.63, 3.8) is 0 Å². The summed E-state index contributed by atoms with van der Waals surface area (Å²) in [6, 6.07) is 8.90. The number of benzene rings is 1. The quantitative estimate of drug-likeness (QED) is 0.532. The van der Waals surface area contributed by atoms with Crippen molar-refractivity contribution in [2.75, 3.05) is 0 Å². The van der Waals surface area contributed by atoms with Crippen LogP contribution in [0.4, 0.5) is 0 Å². The van der Waals surface area contributed by atoms with E-state index in [4.69, 9.17) is 5.26 Å². The van der Waals surface area contributed by atoms with Crippen LogP contribution in [0, 0.1) is 11.5 Å². The Hall–Kier alpha value is -1.37. The molecule has 3 nitrogen and oxygen atoms in total. The Kier molecular flexibility index (Phi) is 5.34. The average Bonchev–Trinajstić information content (AvgIpc) is 2.26. The number of hydrogen-bond donors (Lipinski definition) is 2. The number of hydrogen-bond acceptors (Lipinski definition) is 1. The van der Waals surface area contributed by atoms with E-state index in [1.807, 2.05) is 20.8 Å². The van der Waals surface area contributed by atoms with Gasteiger partial charge in [0.2, 0.25) is 5.78 Å². The van der Waals surface area contributed by atoms with Crippen molar-refractivity contribution < 1.29 is 28.2 Å². The van der Waals surface area contributed by atoms with Crippen LogP contribution in [0.2, 0.25) is 0 Å². The van der Waals surface area contributed by atoms with Crippen molar-refractivity contribution in [3.05, 3.63) is 35.4 Å². The molecular weight excluding hydrogens is 236 g/mol. The van der Waals surface area contributed by atoms with Crippen molar-refractivity contribution in [1.29, 1.82) is 0 Å². The molecule has 0 spiro atoms. The van der Waals surface area contributed by atoms with E-state index in [2.05, 4.69) is 11.8 Å². The predicted molar refractivity (Wildman–Crippen MR) is 60.9 cm³/mol. The van der Waals surface area contributed by atoms with E-state index in [1.54, 1.807) is 24.3 Å². The normalized spacial score (nSPS) is 12.2. The minimum absolute atomic E-state index is 0. The Bertz CT molecular complexity index is 426. The lowest BCUT2D eigenvalue weighted by Gasteiger charge is -2.22. The van der Waals surface area contributed by atoms with E-state index >= 15 is 0 Å². The van der Waals surface area contributed by atoms with E-state index in [-0.39, 0.29) is 29.6 Å². The maximum absolute atomic E-state index is 12.1. The van der Waals surface area contributed by atoms with Gasteiger partial charge in [-0.25, -0.2) is 0 Å². The maximum atomic E-state index is 12.1. The summed E-state index contributed by atoms with van der Waals surface area (Å²) in [5, 5.41) is 6.96. The number of quaternary nitrogens is 1. The third kappa shape index (κ3) is 3.85. The second kappa shape index (κ2) is 5.81. The molecule has 0 aromatic heterocycles. The Balaban J connectivity index is 0.00000256. The molecule has 1 unspecified atom stereocenters. The summed E-state index contributed by atoms with van der Waals surface area (Å²) in [5.74, 6) is 0.0454. The smallest absolute Gasteiger partial charge is 0.308 e. The molecule has 4 heteroatoms. The van der Waals surface area contributed by atoms with Gasteiger partial charge in [-0.1, -0.05) is 26.0 Å². The molecule has 0 aliphatic heterocycles. The van der Waals surface area contributed by atoms with Gasteiger partial charge >= 0.3 is 6.07 Å². The molecule has 92 valence electrons. The highest BCUT2D eigenvalue weighted by Crippen LogP contribution is 2.19. The van der Waals surface area contributed by atoms with E-state index < -0.39 is 0 Å². The van der Waals surface area contributed by atoms with Crippen LogP contribution in [0.25, 0.3) is 0 Å². The maximum Gasteiger partial charge on any atom is 0.308 e. The molecule has 1 aromatic carbocycles. The number of halogens is 1. The first-order valence-corrected chi connectivity index (χ1v) is 5.26. The molecule has 0 aliphatic carbocycles. The van der Waals surface area contributed by atoms with Crippen molar-refractivity contribution >= 4 is 5.78 Å². The van der Waals surface area contributed by atoms with Crippen LogP contribution in [-0.2, 0) is 0 Å². The van der Waals surface area contributed by atoms with Crippen molar-refractivity contribution in [1.82, 2.24) is 0 Å². The van der Waals surface area contributed by atoms with Gasteiger partial charge < -0.3 is 18.1 Å². The largest absolute Gasteiger partial charge is 1.00 e. The number of Topliss-reactive ketones (excluding diaryl/α,β-unsaturated/α-hetero) is 1. The van der Waals surface area contributed by atoms with Gasteiger partial charge in [0.15, 0.2) is 6.04 Å². The molecule has 0 radical (unpaired) electrons. The summed E-state index contributed by atoms with van der Waals surface area (Å²) in [6.45, 7) is 6.01. The van der Waals surface area contributed by atoms with Crippen LogP contribution >= 0.6 is 0 Å². The number of nitrogens with one attached hydrogen (secondary N) is 1. The Morgan fingerprint density at radius 2 is 1.76 bits per heavy atom. The van der Waals surface area contributed by atoms with Crippen LogP contribution in [0.5, 0.6) is 0 Å². The first-order valence-electron chi connectivity index (χ1n) is 5.26. The van der Waals surface area contributed by atoms with E-state index in [0.29, 0.717) is 11.1 Å². The van der Waals surface area contributed by atoms with E-state index in [9.17, 15) is 4.79 Å². The van der Waals surface area contributed by atoms with Crippen LogP contribution in [0.1, 0.15) is 36.7 Å². The molecule has 0 saturated carbocycles. The standard InChI is InChI=1S/C13H16N2O.ClH/c1-13(2,3)12(15)11(16)10-6-4-9(8-14)5-7-10;/h4-7,12H,15H2,1-3H3;1H/p+1. The fourth-order valence-corrected chi connectivity index (χ4v) is 1.31. The Morgan fingerprint density at radius 1 is 1.29 bits per heavy atom. The molecule has 0 saturated heterocycles. The highest BCUT2D eigenvalue weighted by atomic mass is 35.5. The van der Waals surface area contributed by atoms with Crippen LogP contribution in [0.15, 0.2) is 24.3 Å². The third-order valence-corrected chi connectivity index (χ3v) is 2.68. The topological polar surface area (TPSA) is 68.5 Å². The molecule has 1 aromatic rings. The van der Waals surface area contributed by atoms with Gasteiger partial charge in [0, 0.05) is 11.0 Å². The van der Waals surface area contributed by atoms with Gasteiger partial charge in [-0.3, -0.25) is 4.79 Å². The van der Waals surface area contributed by atoms with Crippen LogP contribution < -0.4 is 23.4 Å². The lowest BCUT2D eigenvalue weighted by molar-refractivity contribution is -0.421. The Morgan fingerprint density at radius 3 is 2.12 bits per heavy atom. The third-order valence-electron chi connectivity index (χ3n) is 2.68. The predicted octanol–water partition coefficient (Wildman–Crippen LogP) is -3.35. The summed E-state index contributed by atoms with van der Waals surface area (Å²) in [4.78, 5) is 12.1. The van der Waals surface area contributed by atoms with Crippen molar-refractivity contribution in [2.45, 2.75) is 26.8 Å². The highest BCUT2D eigenvalue weighted by molar-refractivity contribution is 5.99. The first kappa shape index (κ1) is 15.6. The molecule has 0 aliphatic rings. The first-order chi connectivity index (χ1) is 7.36. The highest BCUT2D eigenvalue weighted by Gasteiger charge is 2.31. The van der Waals surface area contributed by atoms with Gasteiger partial charge in [-0.2, -0.15) is 0 Å². The van der Waals surface area contributed by atoms with Crippen molar-refractivity contribution in [2.24, 2.45) is 5.41 Å². The number of carbonyl (C=O) groups excluding carboxylic acids is 1. The second-order valence-electron chi connectivity index (χ2n) is 4.99. The molecule has 0 amide bonds. The molecular formula is C13H18ClN2O+. The number of rotatable bonds is 2. The number of carbonyl (C=O) groups is 1. The summed E-state index contributed by atoms with van der Waals surface area (Å²) in [6.07, 6.45) is 0. The van der Waals surface area contributed by atoms with E-state index in [1.165, 1.54) is 0 Å². The Labute approximate surface area is 108 Å². The zero-order chi connectivity index (χ0) is 12.3. The molecule has 4 N–H and O–H groups in total. The van der Waals surface area contributed by atoms with Gasteiger partial charge in [0.1, 0.15) is 5.56 Å². The molecule has 17 heavy (non-hydrogen) atoms. The molecule has 0 bridgehead atoms. The van der Waals surface area contributed by atoms with Gasteiger partial charge in [0.05, 0.1) is 0 Å². The monoisotopic (exact) mass is 253 g/mol. The van der Waals surface area contributed by atoms with Crippen molar-refractivity contribution in [3.8, 4) is 6.07 Å². The SMILES string of the molecule is CC(C)(C)C([NH3+])C(=O)c1ccc(C#[NH+])cc1.[Cl-]. The molecule has 1 atom stereocenters. The van der Waals surface area contributed by atoms with Gasteiger partial charge in [-0.05, 0) is 24.3 Å². The van der Waals surface area contributed by atoms with Crippen LogP contribution in [0.3, 0.4) is 0 Å². The minimum Gasteiger partial charge on any atom is -1.00 e. The molecule has 0 fully saturated rings. The molecule has 1 rings (SSSR count). The van der Waals surface area contributed by atoms with Gasteiger partial charge in [-0.15, -0.1) is 0 Å². The van der Waals surface area contributed by atoms with Crippen LogP contribution in [-0.4, -0.2) is 11.8 Å². The van der Waals surface area contributed by atoms with Gasteiger partial charge in [0.25, 0.3) is 0 Å². The summed E-state index contributed by atoms with van der Waals surface area (Å²) in [5.41, 5.74) is 5.11. The molecule has 0 heterocycles. The summed E-state index contributed by atoms with van der Waals surface area (Å²) in [7, 11) is 0. The lowest BCUT2D eigenvalue weighted by atomic mass is 9.83. The van der Waals surface area contributed by atoms with E-state index in [0.717, 1.165) is 0 Å². The summed E-state index contributed by atoms with van der Waals surface area (Å²) < 4.78 is 0. The fourth-order valence-electron chi connectivity index (χ4n) is 1.31. The average molecular weight is 254 g/mol.